The van der Waals surface area contributed by atoms with Crippen molar-refractivity contribution in [2.75, 3.05) is 0 Å². The zero-order chi connectivity index (χ0) is 17.7. The predicted octanol–water partition coefficient (Wildman–Crippen LogP) is 2.62. The summed E-state index contributed by atoms with van der Waals surface area (Å²) in [5.41, 5.74) is 5.82. The Morgan fingerprint density at radius 3 is 2.58 bits per heavy atom. The summed E-state index contributed by atoms with van der Waals surface area (Å²) in [6.45, 7) is 1.39. The number of carbonyl (C=O) groups is 1. The van der Waals surface area contributed by atoms with Gasteiger partial charge in [-0.25, -0.2) is 9.00 Å². The number of nitrogens with two attached hydrogens (primary N) is 1. The molecule has 0 aliphatic heterocycles. The van der Waals surface area contributed by atoms with Gasteiger partial charge in [0.05, 0.1) is 16.9 Å². The fourth-order valence-corrected chi connectivity index (χ4v) is 3.47. The van der Waals surface area contributed by atoms with E-state index in [9.17, 15) is 18.7 Å². The fourth-order valence-electron chi connectivity index (χ4n) is 2.05. The van der Waals surface area contributed by atoms with Gasteiger partial charge in [0.15, 0.2) is 5.72 Å². The molecule has 2 aromatic carbocycles. The first-order valence-corrected chi connectivity index (χ1v) is 8.90. The van der Waals surface area contributed by atoms with E-state index in [0.717, 1.165) is 5.56 Å². The van der Waals surface area contributed by atoms with E-state index in [1.807, 2.05) is 30.3 Å². The van der Waals surface area contributed by atoms with E-state index in [1.54, 1.807) is 6.07 Å². The molecule has 0 saturated carbocycles. The van der Waals surface area contributed by atoms with Crippen molar-refractivity contribution in [3.05, 3.63) is 65.2 Å². The Hall–Kier alpha value is -1.71. The van der Waals surface area contributed by atoms with Crippen LogP contribution in [-0.2, 0) is 27.0 Å². The number of carboxylic acids is 1. The van der Waals surface area contributed by atoms with E-state index >= 15 is 0 Å². The second kappa shape index (κ2) is 7.91. The van der Waals surface area contributed by atoms with Crippen LogP contribution in [0.25, 0.3) is 0 Å². The van der Waals surface area contributed by atoms with Gasteiger partial charge in [-0.05, 0) is 24.6 Å². The Labute approximate surface area is 146 Å². The largest absolute Gasteiger partial charge is 0.750 e. The summed E-state index contributed by atoms with van der Waals surface area (Å²) in [6.07, 6.45) is 0. The van der Waals surface area contributed by atoms with E-state index < -0.39 is 23.1 Å². The maximum Gasteiger partial charge on any atom is 0.336 e. The van der Waals surface area contributed by atoms with Crippen molar-refractivity contribution in [2.24, 2.45) is 5.73 Å². The van der Waals surface area contributed by atoms with E-state index in [-0.39, 0.29) is 5.56 Å². The molecule has 0 saturated heterocycles. The van der Waals surface area contributed by atoms with Gasteiger partial charge in [-0.15, -0.1) is 11.8 Å². The fraction of sp³-hybridized carbons (Fsp3) is 0.188. The van der Waals surface area contributed by atoms with Gasteiger partial charge in [0, 0.05) is 16.2 Å². The van der Waals surface area contributed by atoms with Gasteiger partial charge in [-0.3, -0.25) is 9.92 Å². The molecule has 0 bridgehead atoms. The average molecular weight is 366 g/mol. The van der Waals surface area contributed by atoms with Crippen LogP contribution in [0.4, 0.5) is 0 Å². The van der Waals surface area contributed by atoms with Crippen LogP contribution in [0.15, 0.2) is 53.4 Å². The first-order valence-electron chi connectivity index (χ1n) is 6.92. The third kappa shape index (κ3) is 4.89. The van der Waals surface area contributed by atoms with Crippen molar-refractivity contribution >= 4 is 29.1 Å². The molecule has 0 radical (unpaired) electrons. The number of aromatic carboxylic acids is 1. The highest BCUT2D eigenvalue weighted by molar-refractivity contribution is 7.98. The van der Waals surface area contributed by atoms with E-state index in [4.69, 9.17) is 5.73 Å². The average Bonchev–Trinajstić information content (AvgIpc) is 2.52. The zero-order valence-corrected chi connectivity index (χ0v) is 14.4. The quantitative estimate of drug-likeness (QED) is 0.440. The Kier molecular flexibility index (Phi) is 6.14. The lowest BCUT2D eigenvalue weighted by molar-refractivity contribution is 0.0691. The van der Waals surface area contributed by atoms with E-state index in [1.165, 1.54) is 30.8 Å². The van der Waals surface area contributed by atoms with Gasteiger partial charge in [0.2, 0.25) is 0 Å². The number of benzene rings is 2. The SMILES string of the molecule is CC(N)(OS(=O)[O-])c1ccc(C(=O)O)c(SCc2ccccc2)c1. The third-order valence-electron chi connectivity index (χ3n) is 3.26. The minimum atomic E-state index is -2.79. The smallest absolute Gasteiger partial charge is 0.336 e. The summed E-state index contributed by atoms with van der Waals surface area (Å²) >= 11 is -1.46. The highest BCUT2D eigenvalue weighted by Gasteiger charge is 2.25. The molecule has 128 valence electrons. The minimum absolute atomic E-state index is 0.124. The zero-order valence-electron chi connectivity index (χ0n) is 12.8. The van der Waals surface area contributed by atoms with Crippen LogP contribution in [0.3, 0.4) is 0 Å². The Morgan fingerprint density at radius 2 is 2.00 bits per heavy atom. The first kappa shape index (κ1) is 18.6. The second-order valence-corrected chi connectivity index (χ2v) is 6.78. The third-order valence-corrected chi connectivity index (χ3v) is 4.87. The molecule has 24 heavy (non-hydrogen) atoms. The van der Waals surface area contributed by atoms with Crippen LogP contribution < -0.4 is 5.73 Å². The number of thioether (sulfide) groups is 1. The molecular formula is C16H16NO5S2-. The van der Waals surface area contributed by atoms with Crippen molar-refractivity contribution in [1.29, 1.82) is 0 Å². The van der Waals surface area contributed by atoms with Gasteiger partial charge >= 0.3 is 5.97 Å². The van der Waals surface area contributed by atoms with Crippen molar-refractivity contribution in [1.82, 2.24) is 0 Å². The van der Waals surface area contributed by atoms with E-state index in [0.29, 0.717) is 16.2 Å². The van der Waals surface area contributed by atoms with Crippen LogP contribution in [-0.4, -0.2) is 19.8 Å². The summed E-state index contributed by atoms with van der Waals surface area (Å²) in [4.78, 5) is 11.9. The van der Waals surface area contributed by atoms with Gasteiger partial charge in [0.1, 0.15) is 0 Å². The molecule has 0 fully saturated rings. The van der Waals surface area contributed by atoms with Gasteiger partial charge in [-0.1, -0.05) is 36.4 Å². The summed E-state index contributed by atoms with van der Waals surface area (Å²) < 4.78 is 26.2. The lowest BCUT2D eigenvalue weighted by Crippen LogP contribution is -2.37. The Morgan fingerprint density at radius 1 is 1.33 bits per heavy atom. The molecule has 2 unspecified atom stereocenters. The Balaban J connectivity index is 2.31. The number of hydrogen-bond donors (Lipinski definition) is 2. The van der Waals surface area contributed by atoms with Crippen LogP contribution >= 0.6 is 11.8 Å². The molecule has 0 aliphatic carbocycles. The van der Waals surface area contributed by atoms with E-state index in [2.05, 4.69) is 4.18 Å². The van der Waals surface area contributed by atoms with Crippen molar-refractivity contribution in [3.63, 3.8) is 0 Å². The van der Waals surface area contributed by atoms with Crippen LogP contribution in [0.5, 0.6) is 0 Å². The monoisotopic (exact) mass is 366 g/mol. The topological polar surface area (TPSA) is 113 Å². The highest BCUT2D eigenvalue weighted by Crippen LogP contribution is 2.31. The molecule has 0 spiro atoms. The van der Waals surface area contributed by atoms with Crippen molar-refractivity contribution in [3.8, 4) is 0 Å². The normalized spacial score (nSPS) is 14.8. The number of hydrogen-bond acceptors (Lipinski definition) is 6. The van der Waals surface area contributed by atoms with Crippen molar-refractivity contribution < 1.29 is 22.8 Å². The summed E-state index contributed by atoms with van der Waals surface area (Å²) in [5.74, 6) is -0.496. The lowest BCUT2D eigenvalue weighted by Gasteiger charge is -2.26. The lowest BCUT2D eigenvalue weighted by atomic mass is 10.0. The number of carboxylic acid groups (broad SMARTS) is 1. The standard InChI is InChI=1S/C16H17NO5S2/c1-16(17,22-24(20)21)12-7-8-13(15(18)19)14(9-12)23-10-11-5-3-2-4-6-11/h2-9H,10,17H2,1H3,(H,18,19)(H,20,21)/p-1. The molecule has 8 heteroatoms. The highest BCUT2D eigenvalue weighted by atomic mass is 32.2. The van der Waals surface area contributed by atoms with Crippen LogP contribution in [0, 0.1) is 0 Å². The maximum atomic E-state index is 11.4. The van der Waals surface area contributed by atoms with Gasteiger partial charge < -0.3 is 9.66 Å². The van der Waals surface area contributed by atoms with Crippen molar-refractivity contribution in [2.45, 2.75) is 23.3 Å². The summed E-state index contributed by atoms with van der Waals surface area (Å²) in [7, 11) is 0. The molecule has 2 aromatic rings. The molecule has 3 N–H and O–H groups in total. The predicted molar refractivity (Wildman–Crippen MR) is 90.9 cm³/mol. The molecule has 0 aromatic heterocycles. The molecule has 0 aliphatic rings. The van der Waals surface area contributed by atoms with Gasteiger partial charge in [-0.2, -0.15) is 0 Å². The summed E-state index contributed by atoms with van der Waals surface area (Å²) in [5, 5.41) is 9.33. The molecule has 6 nitrogen and oxygen atoms in total. The maximum absolute atomic E-state index is 11.4. The Bertz CT molecular complexity index is 749. The molecule has 2 rings (SSSR count). The molecular weight excluding hydrogens is 350 g/mol. The minimum Gasteiger partial charge on any atom is -0.750 e. The first-order chi connectivity index (χ1) is 11.3. The van der Waals surface area contributed by atoms with Crippen LogP contribution in [0.1, 0.15) is 28.4 Å². The second-order valence-electron chi connectivity index (χ2n) is 5.18. The number of rotatable bonds is 7. The van der Waals surface area contributed by atoms with Gasteiger partial charge in [0.25, 0.3) is 0 Å². The molecule has 2 atom stereocenters. The molecule has 0 amide bonds. The summed E-state index contributed by atoms with van der Waals surface area (Å²) in [6, 6.07) is 14.0. The van der Waals surface area contributed by atoms with Crippen LogP contribution in [0.2, 0.25) is 0 Å². The molecule has 0 heterocycles.